The molecule has 2 heterocycles. The summed E-state index contributed by atoms with van der Waals surface area (Å²) >= 11 is 2.01. The highest BCUT2D eigenvalue weighted by molar-refractivity contribution is 8.17. The van der Waals surface area contributed by atoms with Gasteiger partial charge >= 0.3 is 0 Å². The predicted octanol–water partition coefficient (Wildman–Crippen LogP) is 2.03. The lowest BCUT2D eigenvalue weighted by Gasteiger charge is -2.44. The Kier molecular flexibility index (Phi) is 4.32. The summed E-state index contributed by atoms with van der Waals surface area (Å²) in [5, 5.41) is 0. The Labute approximate surface area is 106 Å². The van der Waals surface area contributed by atoms with Gasteiger partial charge in [0.15, 0.2) is 0 Å². The molecule has 0 radical (unpaired) electrons. The quantitative estimate of drug-likeness (QED) is 0.734. The molecule has 0 aliphatic carbocycles. The van der Waals surface area contributed by atoms with E-state index in [1.165, 1.54) is 29.7 Å². The van der Waals surface area contributed by atoms with Gasteiger partial charge in [0.25, 0.3) is 0 Å². The molecule has 16 heavy (non-hydrogen) atoms. The fraction of sp³-hybridized carbons (Fsp3) is 0.909. The molecular weight excluding hydrogens is 250 g/mol. The number of rotatable bonds is 3. The van der Waals surface area contributed by atoms with Gasteiger partial charge in [0, 0.05) is 23.6 Å². The Morgan fingerprint density at radius 2 is 2.12 bits per heavy atom. The number of aliphatic imine (C=N–C) groups is 1. The van der Waals surface area contributed by atoms with Crippen LogP contribution in [0.2, 0.25) is 19.6 Å². The zero-order valence-electron chi connectivity index (χ0n) is 10.7. The molecule has 0 N–H and O–H groups in total. The molecule has 0 aromatic heterocycles. The minimum absolute atomic E-state index is 0.328. The molecule has 2 nitrogen and oxygen atoms in total. The smallest absolute Gasteiger partial charge is 0.131 e. The van der Waals surface area contributed by atoms with Gasteiger partial charge in [-0.05, 0) is 19.3 Å². The Balaban J connectivity index is 2.17. The van der Waals surface area contributed by atoms with Crippen molar-refractivity contribution in [3.63, 3.8) is 0 Å². The normalized spacial score (nSPS) is 32.9. The van der Waals surface area contributed by atoms with Crippen molar-refractivity contribution in [2.75, 3.05) is 18.9 Å². The highest BCUT2D eigenvalue weighted by Crippen LogP contribution is 2.33. The number of nitrogens with zero attached hydrogens (tertiary/aromatic N) is 1. The molecule has 2 aliphatic rings. The van der Waals surface area contributed by atoms with Crippen LogP contribution in [0.15, 0.2) is 4.99 Å². The van der Waals surface area contributed by atoms with E-state index in [0.717, 1.165) is 13.2 Å². The molecular formula is C11H23NOSSi2. The van der Waals surface area contributed by atoms with Gasteiger partial charge in [-0.2, -0.15) is 0 Å². The van der Waals surface area contributed by atoms with Gasteiger partial charge in [-0.25, -0.2) is 0 Å². The van der Waals surface area contributed by atoms with Crippen LogP contribution in [0.25, 0.3) is 0 Å². The Morgan fingerprint density at radius 3 is 2.62 bits per heavy atom. The standard InChI is InChI=1S/C11H23NOSSi2/c1-15(2)11(6-4-5-8-13-11)16(3)10-12-7-9-14-10/h15-16H,4-9H2,1-3H3. The second-order valence-electron chi connectivity index (χ2n) is 5.21. The van der Waals surface area contributed by atoms with Gasteiger partial charge in [0.05, 0.1) is 13.6 Å². The molecule has 92 valence electrons. The fourth-order valence-corrected chi connectivity index (χ4v) is 13.4. The second-order valence-corrected chi connectivity index (χ2v) is 13.7. The molecule has 0 aromatic carbocycles. The zero-order chi connectivity index (χ0) is 11.6. The van der Waals surface area contributed by atoms with Crippen LogP contribution < -0.4 is 0 Å². The molecule has 1 saturated heterocycles. The third-order valence-corrected chi connectivity index (χ3v) is 15.1. The summed E-state index contributed by atoms with van der Waals surface area (Å²) in [6.45, 7) is 9.47. The van der Waals surface area contributed by atoms with E-state index in [1.54, 1.807) is 0 Å². The predicted molar refractivity (Wildman–Crippen MR) is 79.2 cm³/mol. The maximum Gasteiger partial charge on any atom is 0.131 e. The van der Waals surface area contributed by atoms with E-state index < -0.39 is 17.6 Å². The van der Waals surface area contributed by atoms with Gasteiger partial charge in [0.1, 0.15) is 8.80 Å². The number of hydrogen-bond donors (Lipinski definition) is 0. The molecule has 2 aliphatic heterocycles. The third kappa shape index (κ3) is 2.32. The summed E-state index contributed by atoms with van der Waals surface area (Å²) in [6, 6.07) is 0. The monoisotopic (exact) mass is 273 g/mol. The summed E-state index contributed by atoms with van der Waals surface area (Å²) in [5.74, 6) is 1.21. The minimum Gasteiger partial charge on any atom is -0.382 e. The van der Waals surface area contributed by atoms with E-state index in [4.69, 9.17) is 9.73 Å². The first-order valence-electron chi connectivity index (χ1n) is 6.48. The highest BCUT2D eigenvalue weighted by Gasteiger charge is 2.45. The van der Waals surface area contributed by atoms with Crippen molar-refractivity contribution in [3.05, 3.63) is 0 Å². The van der Waals surface area contributed by atoms with Crippen LogP contribution in [-0.4, -0.2) is 46.0 Å². The lowest BCUT2D eigenvalue weighted by molar-refractivity contribution is 0.0299. The summed E-state index contributed by atoms with van der Waals surface area (Å²) in [7, 11) is -1.73. The van der Waals surface area contributed by atoms with Crippen LogP contribution in [0.1, 0.15) is 19.3 Å². The molecule has 2 atom stereocenters. The van der Waals surface area contributed by atoms with E-state index in [2.05, 4.69) is 19.6 Å². The Bertz CT molecular complexity index is 277. The van der Waals surface area contributed by atoms with E-state index in [0.29, 0.717) is 4.85 Å². The van der Waals surface area contributed by atoms with Crippen molar-refractivity contribution in [2.45, 2.75) is 43.8 Å². The third-order valence-electron chi connectivity index (χ3n) is 4.02. The van der Waals surface area contributed by atoms with Gasteiger partial charge in [-0.15, -0.1) is 11.8 Å². The SMILES string of the molecule is C[SiH](C)C1([SiH](C)C2=NCCS2)CCCCO1. The maximum atomic E-state index is 6.33. The van der Waals surface area contributed by atoms with E-state index >= 15 is 0 Å². The number of ether oxygens (including phenoxy) is 1. The molecule has 0 bridgehead atoms. The van der Waals surface area contributed by atoms with Gasteiger partial charge < -0.3 is 4.74 Å². The van der Waals surface area contributed by atoms with E-state index in [-0.39, 0.29) is 0 Å². The number of hydrogen-bond acceptors (Lipinski definition) is 3. The molecule has 0 aromatic rings. The first-order chi connectivity index (χ1) is 7.67. The summed E-state index contributed by atoms with van der Waals surface area (Å²) < 4.78 is 7.83. The molecule has 0 spiro atoms. The molecule has 0 saturated carbocycles. The van der Waals surface area contributed by atoms with Crippen LogP contribution >= 0.6 is 11.8 Å². The van der Waals surface area contributed by atoms with Crippen molar-refractivity contribution in [1.29, 1.82) is 0 Å². The van der Waals surface area contributed by atoms with E-state index in [1.807, 2.05) is 11.8 Å². The number of thioether (sulfide) groups is 1. The van der Waals surface area contributed by atoms with Crippen molar-refractivity contribution in [2.24, 2.45) is 4.99 Å². The second kappa shape index (κ2) is 5.37. The molecule has 2 unspecified atom stereocenters. The van der Waals surface area contributed by atoms with Crippen LogP contribution in [0.5, 0.6) is 0 Å². The maximum absolute atomic E-state index is 6.33. The lowest BCUT2D eigenvalue weighted by Crippen LogP contribution is -2.60. The van der Waals surface area contributed by atoms with Crippen LogP contribution in [0.3, 0.4) is 0 Å². The van der Waals surface area contributed by atoms with Gasteiger partial charge in [0.2, 0.25) is 0 Å². The van der Waals surface area contributed by atoms with Crippen LogP contribution in [0.4, 0.5) is 0 Å². The summed E-state index contributed by atoms with van der Waals surface area (Å²) in [6.07, 6.45) is 3.97. The van der Waals surface area contributed by atoms with Gasteiger partial charge in [-0.3, -0.25) is 4.99 Å². The van der Waals surface area contributed by atoms with Crippen LogP contribution in [-0.2, 0) is 4.74 Å². The van der Waals surface area contributed by atoms with Crippen molar-refractivity contribution < 1.29 is 4.74 Å². The molecule has 5 heteroatoms. The first kappa shape index (κ1) is 12.9. The molecule has 1 fully saturated rings. The van der Waals surface area contributed by atoms with Gasteiger partial charge in [-0.1, -0.05) is 19.6 Å². The zero-order valence-corrected chi connectivity index (χ0v) is 13.8. The topological polar surface area (TPSA) is 21.6 Å². The van der Waals surface area contributed by atoms with E-state index in [9.17, 15) is 0 Å². The Hall–Kier alpha value is 0.414. The van der Waals surface area contributed by atoms with Crippen LogP contribution in [0, 0.1) is 0 Å². The highest BCUT2D eigenvalue weighted by atomic mass is 32.2. The molecule has 2 rings (SSSR count). The average Bonchev–Trinajstić information content (AvgIpc) is 2.82. The summed E-state index contributed by atoms with van der Waals surface area (Å²) in [4.78, 5) is 5.05. The van der Waals surface area contributed by atoms with Crippen molar-refractivity contribution in [3.8, 4) is 0 Å². The largest absolute Gasteiger partial charge is 0.382 e. The average molecular weight is 274 g/mol. The lowest BCUT2D eigenvalue weighted by atomic mass is 10.2. The Morgan fingerprint density at radius 1 is 1.31 bits per heavy atom. The van der Waals surface area contributed by atoms with Crippen molar-refractivity contribution >= 4 is 34.0 Å². The summed E-state index contributed by atoms with van der Waals surface area (Å²) in [5.41, 5.74) is 0. The van der Waals surface area contributed by atoms with Crippen molar-refractivity contribution in [1.82, 2.24) is 0 Å². The molecule has 0 amide bonds. The minimum atomic E-state index is -0.977. The fourth-order valence-electron chi connectivity index (χ4n) is 2.96. The first-order valence-corrected chi connectivity index (χ1v) is 12.7.